The van der Waals surface area contributed by atoms with Crippen LogP contribution in [0.15, 0.2) is 26.9 Å². The van der Waals surface area contributed by atoms with Crippen LogP contribution < -0.4 is 10.6 Å². The second-order valence-corrected chi connectivity index (χ2v) is 9.11. The Bertz CT molecular complexity index is 783. The zero-order valence-corrected chi connectivity index (χ0v) is 17.1. The molecule has 0 radical (unpaired) electrons. The van der Waals surface area contributed by atoms with Gasteiger partial charge in [-0.2, -0.15) is 0 Å². The first-order valence-electron chi connectivity index (χ1n) is 8.05. The van der Waals surface area contributed by atoms with Crippen LogP contribution in [-0.2, 0) is 9.59 Å². The van der Waals surface area contributed by atoms with Gasteiger partial charge in [-0.25, -0.2) is 8.78 Å². The average Bonchev–Trinajstić information content (AvgIpc) is 3.08. The van der Waals surface area contributed by atoms with Gasteiger partial charge >= 0.3 is 0 Å². The summed E-state index contributed by atoms with van der Waals surface area (Å²) in [6.45, 7) is 4.20. The fourth-order valence-corrected chi connectivity index (χ4v) is 4.79. The number of thioether (sulfide) groups is 2. The van der Waals surface area contributed by atoms with Crippen LogP contribution in [0.25, 0.3) is 0 Å². The van der Waals surface area contributed by atoms with Gasteiger partial charge in [0.25, 0.3) is 0 Å². The minimum atomic E-state index is -0.837. The van der Waals surface area contributed by atoms with Crippen LogP contribution in [0.3, 0.4) is 0 Å². The molecule has 2 N–H and O–H groups in total. The molecule has 0 fully saturated rings. The minimum absolute atomic E-state index is 0.0779. The molecular formula is C16H18F2N4O2S3. The van der Waals surface area contributed by atoms with Crippen LogP contribution in [0.4, 0.5) is 14.5 Å². The van der Waals surface area contributed by atoms with Gasteiger partial charge in [-0.15, -0.1) is 10.2 Å². The Morgan fingerprint density at radius 3 is 2.56 bits per heavy atom. The van der Waals surface area contributed by atoms with E-state index in [0.29, 0.717) is 15.2 Å². The van der Waals surface area contributed by atoms with E-state index in [1.54, 1.807) is 6.92 Å². The number of nitrogens with zero attached hydrogens (tertiary/aromatic N) is 2. The van der Waals surface area contributed by atoms with Gasteiger partial charge in [0.05, 0.1) is 11.0 Å². The summed E-state index contributed by atoms with van der Waals surface area (Å²) in [5.74, 6) is -2.06. The summed E-state index contributed by atoms with van der Waals surface area (Å²) in [5.41, 5.74) is -0.471. The van der Waals surface area contributed by atoms with Gasteiger partial charge in [0, 0.05) is 6.54 Å². The lowest BCUT2D eigenvalue weighted by atomic mass is 10.3. The van der Waals surface area contributed by atoms with Crippen LogP contribution in [0.2, 0.25) is 0 Å². The lowest BCUT2D eigenvalue weighted by Gasteiger charge is -2.11. The molecule has 146 valence electrons. The molecule has 1 unspecified atom stereocenters. The van der Waals surface area contributed by atoms with Crippen molar-refractivity contribution in [3.63, 3.8) is 0 Å². The fraction of sp³-hybridized carbons (Fsp3) is 0.375. The number of hydrogen-bond donors (Lipinski definition) is 2. The van der Waals surface area contributed by atoms with Crippen molar-refractivity contribution >= 4 is 52.4 Å². The van der Waals surface area contributed by atoms with E-state index in [1.165, 1.54) is 29.2 Å². The number of aromatic nitrogens is 2. The summed E-state index contributed by atoms with van der Waals surface area (Å²) in [4.78, 5) is 23.8. The van der Waals surface area contributed by atoms with Gasteiger partial charge in [0.1, 0.15) is 17.3 Å². The first kappa shape index (κ1) is 21.6. The Labute approximate surface area is 167 Å². The number of nitrogens with one attached hydrogen (secondary N) is 2. The van der Waals surface area contributed by atoms with Crippen molar-refractivity contribution < 1.29 is 18.4 Å². The maximum absolute atomic E-state index is 13.6. The Morgan fingerprint density at radius 2 is 1.89 bits per heavy atom. The van der Waals surface area contributed by atoms with Crippen molar-refractivity contribution in [2.24, 2.45) is 0 Å². The summed E-state index contributed by atoms with van der Waals surface area (Å²) in [6.07, 6.45) is 0.868. The van der Waals surface area contributed by atoms with Gasteiger partial charge in [-0.3, -0.25) is 9.59 Å². The van der Waals surface area contributed by atoms with E-state index >= 15 is 0 Å². The van der Waals surface area contributed by atoms with Gasteiger partial charge in [-0.1, -0.05) is 47.9 Å². The quantitative estimate of drug-likeness (QED) is 0.590. The van der Waals surface area contributed by atoms with Gasteiger partial charge < -0.3 is 10.6 Å². The molecule has 0 aliphatic carbocycles. The number of benzene rings is 1. The Kier molecular flexibility index (Phi) is 8.45. The third-order valence-corrected chi connectivity index (χ3v) is 6.39. The van der Waals surface area contributed by atoms with Crippen molar-refractivity contribution in [3.8, 4) is 0 Å². The predicted molar refractivity (Wildman–Crippen MR) is 104 cm³/mol. The molecule has 2 aromatic rings. The molecule has 0 spiro atoms. The fourth-order valence-electron chi connectivity index (χ4n) is 1.79. The molecule has 0 aliphatic heterocycles. The molecule has 27 heavy (non-hydrogen) atoms. The van der Waals surface area contributed by atoms with E-state index in [4.69, 9.17) is 0 Å². The largest absolute Gasteiger partial charge is 0.355 e. The van der Waals surface area contributed by atoms with Crippen molar-refractivity contribution in [1.29, 1.82) is 0 Å². The normalized spacial score (nSPS) is 11.9. The van der Waals surface area contributed by atoms with Crippen LogP contribution in [0.5, 0.6) is 0 Å². The highest BCUT2D eigenvalue weighted by Gasteiger charge is 2.20. The van der Waals surface area contributed by atoms with Crippen LogP contribution in [0, 0.1) is 11.6 Å². The second kappa shape index (κ2) is 10.6. The van der Waals surface area contributed by atoms with Crippen molar-refractivity contribution in [3.05, 3.63) is 29.8 Å². The molecule has 6 nitrogen and oxygen atoms in total. The van der Waals surface area contributed by atoms with Crippen LogP contribution in [0.1, 0.15) is 20.3 Å². The van der Waals surface area contributed by atoms with E-state index in [0.717, 1.165) is 30.3 Å². The molecule has 1 heterocycles. The van der Waals surface area contributed by atoms with Gasteiger partial charge in [0.15, 0.2) is 8.68 Å². The number of para-hydroxylation sites is 1. The second-order valence-electron chi connectivity index (χ2n) is 5.32. The molecule has 2 amide bonds. The number of amides is 2. The Morgan fingerprint density at radius 1 is 1.22 bits per heavy atom. The van der Waals surface area contributed by atoms with E-state index < -0.39 is 28.5 Å². The smallest absolute Gasteiger partial charge is 0.237 e. The average molecular weight is 433 g/mol. The Balaban J connectivity index is 1.87. The van der Waals surface area contributed by atoms with Crippen molar-refractivity contribution in [2.75, 3.05) is 17.6 Å². The summed E-state index contributed by atoms with van der Waals surface area (Å²) in [6, 6.07) is 3.37. The first-order chi connectivity index (χ1) is 12.9. The van der Waals surface area contributed by atoms with Gasteiger partial charge in [0.2, 0.25) is 11.8 Å². The molecule has 0 bridgehead atoms. The predicted octanol–water partition coefficient (Wildman–Crippen LogP) is 3.55. The maximum Gasteiger partial charge on any atom is 0.237 e. The molecule has 2 rings (SSSR count). The highest BCUT2D eigenvalue weighted by molar-refractivity contribution is 8.04. The third kappa shape index (κ3) is 6.74. The summed E-state index contributed by atoms with van der Waals surface area (Å²) < 4.78 is 28.4. The molecule has 0 saturated heterocycles. The van der Waals surface area contributed by atoms with Crippen molar-refractivity contribution in [1.82, 2.24) is 15.5 Å². The van der Waals surface area contributed by atoms with E-state index in [-0.39, 0.29) is 11.7 Å². The SMILES string of the molecule is CCCNC(=O)CSc1nnc(SC(C)C(=O)Nc2c(F)cccc2F)s1. The molecular weight excluding hydrogens is 414 g/mol. The highest BCUT2D eigenvalue weighted by atomic mass is 32.2. The van der Waals surface area contributed by atoms with Crippen molar-refractivity contribution in [2.45, 2.75) is 34.2 Å². The lowest BCUT2D eigenvalue weighted by molar-refractivity contribution is -0.118. The van der Waals surface area contributed by atoms with Crippen LogP contribution in [-0.4, -0.2) is 39.6 Å². The molecule has 1 aromatic heterocycles. The first-order valence-corrected chi connectivity index (χ1v) is 10.7. The molecule has 0 aliphatic rings. The van der Waals surface area contributed by atoms with Gasteiger partial charge in [-0.05, 0) is 25.5 Å². The van der Waals surface area contributed by atoms with E-state index in [2.05, 4.69) is 20.8 Å². The molecule has 11 heteroatoms. The monoisotopic (exact) mass is 432 g/mol. The number of hydrogen-bond acceptors (Lipinski definition) is 7. The number of carbonyl (C=O) groups excluding carboxylic acids is 2. The molecule has 1 atom stereocenters. The minimum Gasteiger partial charge on any atom is -0.355 e. The number of carbonyl (C=O) groups is 2. The standard InChI is InChI=1S/C16H18F2N4O2S3/c1-3-7-19-12(23)8-25-15-21-22-16(27-15)26-9(2)14(24)20-13-10(17)5-4-6-11(13)18/h4-6,9H,3,7-8H2,1-2H3,(H,19,23)(H,20,24). The Hall–Kier alpha value is -1.72. The summed E-state index contributed by atoms with van der Waals surface area (Å²) in [7, 11) is 0. The summed E-state index contributed by atoms with van der Waals surface area (Å²) in [5, 5.41) is 12.3. The van der Waals surface area contributed by atoms with E-state index in [9.17, 15) is 18.4 Å². The topological polar surface area (TPSA) is 84.0 Å². The number of rotatable bonds is 9. The third-order valence-electron chi connectivity index (χ3n) is 3.14. The molecule has 0 saturated carbocycles. The molecule has 1 aromatic carbocycles. The lowest BCUT2D eigenvalue weighted by Crippen LogP contribution is -2.25. The maximum atomic E-state index is 13.6. The number of anilines is 1. The van der Waals surface area contributed by atoms with Crippen LogP contribution >= 0.6 is 34.9 Å². The zero-order chi connectivity index (χ0) is 19.8. The number of halogens is 2. The van der Waals surface area contributed by atoms with E-state index in [1.807, 2.05) is 6.92 Å². The zero-order valence-electron chi connectivity index (χ0n) is 14.6. The summed E-state index contributed by atoms with van der Waals surface area (Å²) >= 11 is 3.64. The highest BCUT2D eigenvalue weighted by Crippen LogP contribution is 2.31.